The second-order valence-corrected chi connectivity index (χ2v) is 10.6. The summed E-state index contributed by atoms with van der Waals surface area (Å²) >= 11 is 0. The summed E-state index contributed by atoms with van der Waals surface area (Å²) in [6.45, 7) is 4.08. The molecule has 0 saturated heterocycles. The van der Waals surface area contributed by atoms with Crippen LogP contribution in [0.2, 0.25) is 0 Å². The molecule has 5 rings (SSSR count). The van der Waals surface area contributed by atoms with Gasteiger partial charge in [-0.05, 0) is 47.7 Å². The van der Waals surface area contributed by atoms with Crippen molar-refractivity contribution in [2.75, 3.05) is 44.2 Å². The number of nitrogens with zero attached hydrogens (tertiary/aromatic N) is 6. The Kier molecular flexibility index (Phi) is 8.90. The fourth-order valence-electron chi connectivity index (χ4n) is 4.87. The van der Waals surface area contributed by atoms with Crippen molar-refractivity contribution in [3.63, 3.8) is 0 Å². The molecule has 15 nitrogen and oxygen atoms in total. The van der Waals surface area contributed by atoms with E-state index in [0.717, 1.165) is 0 Å². The van der Waals surface area contributed by atoms with Crippen LogP contribution in [-0.4, -0.2) is 98.6 Å². The van der Waals surface area contributed by atoms with Crippen LogP contribution in [0, 0.1) is 5.92 Å². The molecule has 1 aromatic heterocycles. The Morgan fingerprint density at radius 1 is 1.12 bits per heavy atom. The lowest BCUT2D eigenvalue weighted by molar-refractivity contribution is -0.134. The molecule has 3 aromatic rings. The molecule has 0 fully saturated rings. The normalized spacial score (nSPS) is 18.4. The average molecular weight is 595 g/mol. The predicted octanol–water partition coefficient (Wildman–Crippen LogP) is 1.35. The third kappa shape index (κ3) is 7.12. The molecule has 2 aliphatic heterocycles. The maximum absolute atomic E-state index is 13.4. The lowest BCUT2D eigenvalue weighted by Gasteiger charge is -2.34. The number of aromatic nitrogens is 4. The van der Waals surface area contributed by atoms with E-state index >= 15 is 0 Å². The van der Waals surface area contributed by atoms with Gasteiger partial charge < -0.3 is 39.8 Å². The fourth-order valence-corrected chi connectivity index (χ4v) is 4.87. The summed E-state index contributed by atoms with van der Waals surface area (Å²) in [6, 6.07) is 9.45. The number of rotatable bonds is 8. The molecule has 3 N–H and O–H groups in total. The predicted molar refractivity (Wildman–Crippen MR) is 153 cm³/mol. The van der Waals surface area contributed by atoms with E-state index in [-0.39, 0.29) is 56.7 Å². The van der Waals surface area contributed by atoms with Gasteiger partial charge in [-0.25, -0.2) is 9.48 Å². The number of carbonyl (C=O) groups excluding carboxylic acids is 3. The summed E-state index contributed by atoms with van der Waals surface area (Å²) in [4.78, 5) is 42.2. The number of urea groups is 1. The van der Waals surface area contributed by atoms with E-state index in [1.807, 2.05) is 6.92 Å². The van der Waals surface area contributed by atoms with Gasteiger partial charge in [0.1, 0.15) is 24.7 Å². The van der Waals surface area contributed by atoms with Crippen molar-refractivity contribution in [2.45, 2.75) is 39.0 Å². The van der Waals surface area contributed by atoms with E-state index in [2.05, 4.69) is 26.2 Å². The average Bonchev–Trinajstić information content (AvgIpc) is 3.68. The number of carbonyl (C=O) groups is 3. The number of likely N-dealkylation sites (N-methyl/N-ethyl adjacent to an activating group) is 1. The van der Waals surface area contributed by atoms with Gasteiger partial charge in [-0.1, -0.05) is 6.92 Å². The SMILES string of the molecule is C[C@H]1CN([C@@H](C)CO)C(=O)Cc2cc(NC(=O)Cn3cnnn3)ccc2O[C@H]1CN(C)C(=O)Nc1ccc2c(c1)OCO2. The summed E-state index contributed by atoms with van der Waals surface area (Å²) in [5.74, 6) is 0.889. The summed E-state index contributed by atoms with van der Waals surface area (Å²) in [7, 11) is 1.66. The molecular formula is C28H34N8O7. The number of aliphatic hydroxyl groups is 1. The maximum atomic E-state index is 13.4. The molecule has 3 heterocycles. The molecular weight excluding hydrogens is 560 g/mol. The molecule has 15 heteroatoms. The summed E-state index contributed by atoms with van der Waals surface area (Å²) in [6.07, 6.45) is 0.822. The van der Waals surface area contributed by atoms with E-state index < -0.39 is 12.1 Å². The molecule has 0 saturated carbocycles. The van der Waals surface area contributed by atoms with Gasteiger partial charge in [-0.3, -0.25) is 9.59 Å². The monoisotopic (exact) mass is 594 g/mol. The van der Waals surface area contributed by atoms with Gasteiger partial charge in [-0.2, -0.15) is 0 Å². The van der Waals surface area contributed by atoms with E-state index in [9.17, 15) is 19.5 Å². The van der Waals surface area contributed by atoms with Crippen molar-refractivity contribution in [3.8, 4) is 17.2 Å². The van der Waals surface area contributed by atoms with Crippen molar-refractivity contribution in [1.82, 2.24) is 30.0 Å². The number of hydrogen-bond acceptors (Lipinski definition) is 10. The van der Waals surface area contributed by atoms with E-state index in [0.29, 0.717) is 40.7 Å². The Bertz CT molecular complexity index is 1470. The number of hydrogen-bond donors (Lipinski definition) is 3. The van der Waals surface area contributed by atoms with Gasteiger partial charge in [0, 0.05) is 42.5 Å². The maximum Gasteiger partial charge on any atom is 0.321 e. The molecule has 43 heavy (non-hydrogen) atoms. The molecule has 0 radical (unpaired) electrons. The lowest BCUT2D eigenvalue weighted by atomic mass is 10.0. The van der Waals surface area contributed by atoms with Crippen LogP contribution in [0.3, 0.4) is 0 Å². The quantitative estimate of drug-likeness (QED) is 0.346. The smallest absolute Gasteiger partial charge is 0.321 e. The highest BCUT2D eigenvalue weighted by molar-refractivity contribution is 5.91. The second-order valence-electron chi connectivity index (χ2n) is 10.6. The number of nitrogens with one attached hydrogen (secondary N) is 2. The molecule has 2 aromatic carbocycles. The van der Waals surface area contributed by atoms with Gasteiger partial charge >= 0.3 is 6.03 Å². The Hall–Kier alpha value is -4.92. The van der Waals surface area contributed by atoms with E-state index in [1.165, 1.54) is 15.9 Å². The van der Waals surface area contributed by atoms with Crippen LogP contribution in [0.4, 0.5) is 16.2 Å². The molecule has 0 bridgehead atoms. The van der Waals surface area contributed by atoms with Crippen LogP contribution < -0.4 is 24.8 Å². The molecule has 3 atom stereocenters. The Balaban J connectivity index is 1.34. The number of fused-ring (bicyclic) bond motifs is 2. The van der Waals surface area contributed by atoms with Gasteiger partial charge in [0.25, 0.3) is 0 Å². The molecule has 4 amide bonds. The number of amides is 4. The number of tetrazole rings is 1. The molecule has 228 valence electrons. The number of benzene rings is 2. The number of ether oxygens (including phenoxy) is 3. The number of aliphatic hydroxyl groups excluding tert-OH is 1. The molecule has 0 aliphatic carbocycles. The highest BCUT2D eigenvalue weighted by atomic mass is 16.7. The minimum atomic E-state index is -0.509. The highest BCUT2D eigenvalue weighted by Gasteiger charge is 2.32. The summed E-state index contributed by atoms with van der Waals surface area (Å²) in [5, 5.41) is 26.3. The lowest BCUT2D eigenvalue weighted by Crippen LogP contribution is -2.48. The third-order valence-electron chi connectivity index (χ3n) is 7.32. The van der Waals surface area contributed by atoms with Crippen LogP contribution in [0.15, 0.2) is 42.7 Å². The van der Waals surface area contributed by atoms with Crippen molar-refractivity contribution >= 4 is 29.2 Å². The largest absolute Gasteiger partial charge is 0.488 e. The first-order valence-corrected chi connectivity index (χ1v) is 13.8. The topological polar surface area (TPSA) is 173 Å². The number of anilines is 2. The third-order valence-corrected chi connectivity index (χ3v) is 7.32. The van der Waals surface area contributed by atoms with Gasteiger partial charge in [0.05, 0.1) is 25.6 Å². The zero-order chi connectivity index (χ0) is 30.5. The fraction of sp³-hybridized carbons (Fsp3) is 0.429. The Labute approximate surface area is 247 Å². The van der Waals surface area contributed by atoms with Crippen molar-refractivity contribution in [1.29, 1.82) is 0 Å². The van der Waals surface area contributed by atoms with E-state index in [4.69, 9.17) is 14.2 Å². The van der Waals surface area contributed by atoms with Gasteiger partial charge in [0.2, 0.25) is 18.6 Å². The first-order chi connectivity index (χ1) is 20.7. The Morgan fingerprint density at radius 2 is 1.86 bits per heavy atom. The second kappa shape index (κ2) is 12.9. The van der Waals surface area contributed by atoms with Crippen molar-refractivity contribution < 1.29 is 33.7 Å². The van der Waals surface area contributed by atoms with Crippen LogP contribution in [-0.2, 0) is 22.6 Å². The molecule has 0 spiro atoms. The summed E-state index contributed by atoms with van der Waals surface area (Å²) < 4.78 is 18.5. The Morgan fingerprint density at radius 3 is 2.60 bits per heavy atom. The zero-order valence-electron chi connectivity index (χ0n) is 24.1. The van der Waals surface area contributed by atoms with Crippen molar-refractivity contribution in [3.05, 3.63) is 48.3 Å². The standard InChI is InChI=1S/C28H34N8O7/c1-17-11-36(18(2)14-37)27(39)9-19-8-20(30-26(38)13-35-15-29-32-33-35)4-6-22(19)43-25(17)12-34(3)28(40)31-21-5-7-23-24(10-21)42-16-41-23/h4-8,10,15,17-18,25,37H,9,11-14,16H2,1-3H3,(H,30,38)(H,31,40)/t17-,18-,25-/m0/s1. The minimum Gasteiger partial charge on any atom is -0.488 e. The zero-order valence-corrected chi connectivity index (χ0v) is 24.1. The molecule has 2 aliphatic rings. The molecule has 0 unspecified atom stereocenters. The van der Waals surface area contributed by atoms with Gasteiger partial charge in [0.15, 0.2) is 11.5 Å². The van der Waals surface area contributed by atoms with Crippen LogP contribution in [0.5, 0.6) is 17.2 Å². The van der Waals surface area contributed by atoms with Crippen LogP contribution in [0.1, 0.15) is 19.4 Å². The van der Waals surface area contributed by atoms with Crippen LogP contribution in [0.25, 0.3) is 0 Å². The van der Waals surface area contributed by atoms with Crippen molar-refractivity contribution in [2.24, 2.45) is 5.92 Å². The first-order valence-electron chi connectivity index (χ1n) is 13.8. The summed E-state index contributed by atoms with van der Waals surface area (Å²) in [5.41, 5.74) is 1.59. The minimum absolute atomic E-state index is 0.00371. The van der Waals surface area contributed by atoms with E-state index in [1.54, 1.807) is 55.3 Å². The highest BCUT2D eigenvalue weighted by Crippen LogP contribution is 2.34. The first kappa shape index (κ1) is 29.6. The van der Waals surface area contributed by atoms with Crippen LogP contribution >= 0.6 is 0 Å². The van der Waals surface area contributed by atoms with Gasteiger partial charge in [-0.15, -0.1) is 5.10 Å².